The number of nitrogens with one attached hydrogen (secondary N) is 1. The van der Waals surface area contributed by atoms with E-state index in [1.54, 1.807) is 60.7 Å². The molecule has 0 bridgehead atoms. The Labute approximate surface area is 198 Å². The lowest BCUT2D eigenvalue weighted by Crippen LogP contribution is -2.38. The molecule has 0 atom stereocenters. The number of benzene rings is 3. The normalized spacial score (nSPS) is 10.8. The van der Waals surface area contributed by atoms with Gasteiger partial charge in [-0.1, -0.05) is 48.5 Å². The maximum absolute atomic E-state index is 13.5. The first kappa shape index (κ1) is 24.2. The van der Waals surface area contributed by atoms with Crippen molar-refractivity contribution in [1.29, 1.82) is 0 Å². The van der Waals surface area contributed by atoms with Crippen LogP contribution in [0.1, 0.15) is 0 Å². The fourth-order valence-corrected chi connectivity index (χ4v) is 4.64. The molecule has 33 heavy (non-hydrogen) atoms. The molecule has 1 amide bonds. The average Bonchev–Trinajstić information content (AvgIpc) is 2.82. The largest absolute Gasteiger partial charge is 0.495 e. The summed E-state index contributed by atoms with van der Waals surface area (Å²) in [6.45, 7) is 3.41. The van der Waals surface area contributed by atoms with E-state index in [2.05, 4.69) is 11.9 Å². The van der Waals surface area contributed by atoms with Crippen molar-refractivity contribution in [3.8, 4) is 11.5 Å². The highest BCUT2D eigenvalue weighted by Crippen LogP contribution is 2.34. The van der Waals surface area contributed by atoms with Crippen molar-refractivity contribution < 1.29 is 22.7 Å². The number of halogens is 1. The van der Waals surface area contributed by atoms with E-state index >= 15 is 0 Å². The van der Waals surface area contributed by atoms with Crippen LogP contribution in [0.2, 0.25) is 5.02 Å². The molecule has 0 fully saturated rings. The van der Waals surface area contributed by atoms with Crippen molar-refractivity contribution >= 4 is 38.9 Å². The van der Waals surface area contributed by atoms with Gasteiger partial charge in [-0.05, 0) is 42.5 Å². The number of sulfonamides is 1. The van der Waals surface area contributed by atoms with E-state index in [0.29, 0.717) is 23.1 Å². The smallest absolute Gasteiger partial charge is 0.264 e. The van der Waals surface area contributed by atoms with Crippen LogP contribution in [-0.4, -0.2) is 34.6 Å². The van der Waals surface area contributed by atoms with Gasteiger partial charge in [-0.2, -0.15) is 0 Å². The molecule has 0 saturated carbocycles. The lowest BCUT2D eigenvalue weighted by atomic mass is 10.2. The molecule has 0 spiro atoms. The van der Waals surface area contributed by atoms with Crippen molar-refractivity contribution in [3.05, 3.63) is 90.5 Å². The zero-order chi connectivity index (χ0) is 23.8. The number of methoxy groups -OCH3 is 1. The molecule has 0 aromatic heterocycles. The molecule has 0 heterocycles. The van der Waals surface area contributed by atoms with E-state index in [0.717, 1.165) is 4.31 Å². The molecule has 0 aliphatic carbocycles. The van der Waals surface area contributed by atoms with Gasteiger partial charge in [0.15, 0.2) is 0 Å². The predicted octanol–water partition coefficient (Wildman–Crippen LogP) is 4.75. The van der Waals surface area contributed by atoms with Crippen LogP contribution in [0.15, 0.2) is 90.3 Å². The molecule has 0 saturated heterocycles. The molecule has 1 N–H and O–H groups in total. The fourth-order valence-electron chi connectivity index (χ4n) is 3.03. The second-order valence-corrected chi connectivity index (χ2v) is 9.12. The number of carbonyl (C=O) groups is 1. The molecule has 0 aliphatic rings. The number of anilines is 2. The quantitative estimate of drug-likeness (QED) is 0.418. The molecule has 3 aromatic carbocycles. The molecule has 0 radical (unpaired) electrons. The highest BCUT2D eigenvalue weighted by atomic mass is 35.5. The summed E-state index contributed by atoms with van der Waals surface area (Å²) in [4.78, 5) is 13.0. The summed E-state index contributed by atoms with van der Waals surface area (Å²) < 4.78 is 38.8. The first-order valence-electron chi connectivity index (χ1n) is 9.90. The minimum Gasteiger partial charge on any atom is -0.495 e. The standard InChI is InChI=1S/C24H23ClN2O5S/c1-3-14-32-20-9-7-8-19(16-20)26-24(28)17-27(22-15-18(25)12-13-23(22)31-2)33(29,30)21-10-5-4-6-11-21/h3-13,15-16H,1,14,17H2,2H3,(H,26,28). The first-order chi connectivity index (χ1) is 15.8. The van der Waals surface area contributed by atoms with E-state index in [1.165, 1.54) is 25.3 Å². The van der Waals surface area contributed by atoms with E-state index in [-0.39, 0.29) is 16.3 Å². The Balaban J connectivity index is 1.95. The third kappa shape index (κ3) is 6.06. The number of nitrogens with zero attached hydrogens (tertiary/aromatic N) is 1. The van der Waals surface area contributed by atoms with E-state index in [4.69, 9.17) is 21.1 Å². The lowest BCUT2D eigenvalue weighted by Gasteiger charge is -2.26. The minimum absolute atomic E-state index is 0.0275. The summed E-state index contributed by atoms with van der Waals surface area (Å²) in [6, 6.07) is 19.2. The molecular formula is C24H23ClN2O5S. The highest BCUT2D eigenvalue weighted by Gasteiger charge is 2.29. The van der Waals surface area contributed by atoms with Gasteiger partial charge in [0.1, 0.15) is 24.7 Å². The minimum atomic E-state index is -4.11. The molecule has 3 aromatic rings. The van der Waals surface area contributed by atoms with Gasteiger partial charge in [0.05, 0.1) is 17.7 Å². The van der Waals surface area contributed by atoms with E-state index in [9.17, 15) is 13.2 Å². The second-order valence-electron chi connectivity index (χ2n) is 6.82. The summed E-state index contributed by atoms with van der Waals surface area (Å²) in [5.74, 6) is 0.238. The summed E-state index contributed by atoms with van der Waals surface area (Å²) >= 11 is 6.14. The van der Waals surface area contributed by atoms with Crippen molar-refractivity contribution in [2.45, 2.75) is 4.90 Å². The average molecular weight is 487 g/mol. The number of hydrogen-bond acceptors (Lipinski definition) is 5. The number of amides is 1. The molecule has 0 unspecified atom stereocenters. The summed E-state index contributed by atoms with van der Waals surface area (Å²) in [5, 5.41) is 3.01. The third-order valence-electron chi connectivity index (χ3n) is 4.51. The maximum Gasteiger partial charge on any atom is 0.264 e. The van der Waals surface area contributed by atoms with Crippen LogP contribution in [0, 0.1) is 0 Å². The zero-order valence-corrected chi connectivity index (χ0v) is 19.5. The number of hydrogen-bond donors (Lipinski definition) is 1. The molecule has 172 valence electrons. The summed E-state index contributed by atoms with van der Waals surface area (Å²) in [5.41, 5.74) is 0.601. The summed E-state index contributed by atoms with van der Waals surface area (Å²) in [6.07, 6.45) is 1.61. The monoisotopic (exact) mass is 486 g/mol. The Kier molecular flexibility index (Phi) is 7.97. The van der Waals surface area contributed by atoms with Crippen LogP contribution in [0.25, 0.3) is 0 Å². The van der Waals surface area contributed by atoms with Crippen LogP contribution >= 0.6 is 11.6 Å². The van der Waals surface area contributed by atoms with Gasteiger partial charge < -0.3 is 14.8 Å². The predicted molar refractivity (Wildman–Crippen MR) is 130 cm³/mol. The Morgan fingerprint density at radius 2 is 1.85 bits per heavy atom. The molecular weight excluding hydrogens is 464 g/mol. The fraction of sp³-hybridized carbons (Fsp3) is 0.125. The van der Waals surface area contributed by atoms with Crippen LogP contribution in [-0.2, 0) is 14.8 Å². The van der Waals surface area contributed by atoms with Crippen molar-refractivity contribution in [2.24, 2.45) is 0 Å². The van der Waals surface area contributed by atoms with Gasteiger partial charge in [0, 0.05) is 16.8 Å². The molecule has 9 heteroatoms. The summed E-state index contributed by atoms with van der Waals surface area (Å²) in [7, 11) is -2.70. The highest BCUT2D eigenvalue weighted by molar-refractivity contribution is 7.92. The third-order valence-corrected chi connectivity index (χ3v) is 6.52. The first-order valence-corrected chi connectivity index (χ1v) is 11.7. The number of rotatable bonds is 10. The van der Waals surface area contributed by atoms with Crippen LogP contribution in [0.5, 0.6) is 11.5 Å². The lowest BCUT2D eigenvalue weighted by molar-refractivity contribution is -0.114. The van der Waals surface area contributed by atoms with Crippen molar-refractivity contribution in [2.75, 3.05) is 29.9 Å². The van der Waals surface area contributed by atoms with Gasteiger partial charge in [-0.15, -0.1) is 0 Å². The van der Waals surface area contributed by atoms with E-state index < -0.39 is 22.5 Å². The Morgan fingerprint density at radius 1 is 1.09 bits per heavy atom. The van der Waals surface area contributed by atoms with Gasteiger partial charge in [0.25, 0.3) is 10.0 Å². The Bertz CT molecular complexity index is 1230. The molecule has 0 aliphatic heterocycles. The molecule has 3 rings (SSSR count). The second kappa shape index (κ2) is 10.9. The van der Waals surface area contributed by atoms with Crippen molar-refractivity contribution in [1.82, 2.24) is 0 Å². The van der Waals surface area contributed by atoms with Gasteiger partial charge in [-0.25, -0.2) is 8.42 Å². The Morgan fingerprint density at radius 3 is 2.55 bits per heavy atom. The van der Waals surface area contributed by atoms with Crippen LogP contribution in [0.4, 0.5) is 11.4 Å². The van der Waals surface area contributed by atoms with Crippen molar-refractivity contribution in [3.63, 3.8) is 0 Å². The van der Waals surface area contributed by atoms with Gasteiger partial charge >= 0.3 is 0 Å². The zero-order valence-electron chi connectivity index (χ0n) is 17.9. The van der Waals surface area contributed by atoms with Crippen LogP contribution < -0.4 is 19.1 Å². The Hall–Kier alpha value is -3.49. The van der Waals surface area contributed by atoms with E-state index in [1.807, 2.05) is 0 Å². The topological polar surface area (TPSA) is 84.9 Å². The van der Waals surface area contributed by atoms with Gasteiger partial charge in [0.2, 0.25) is 5.91 Å². The maximum atomic E-state index is 13.5. The SMILES string of the molecule is C=CCOc1cccc(NC(=O)CN(c2cc(Cl)ccc2OC)S(=O)(=O)c2ccccc2)c1. The number of ether oxygens (including phenoxy) is 2. The molecule has 7 nitrogen and oxygen atoms in total. The number of carbonyl (C=O) groups excluding carboxylic acids is 1. The van der Waals surface area contributed by atoms with Crippen LogP contribution in [0.3, 0.4) is 0 Å². The van der Waals surface area contributed by atoms with Gasteiger partial charge in [-0.3, -0.25) is 9.10 Å².